The zero-order valence-corrected chi connectivity index (χ0v) is 17.4. The van der Waals surface area contributed by atoms with Gasteiger partial charge in [-0.05, 0) is 49.5 Å². The second-order valence-corrected chi connectivity index (χ2v) is 8.56. The molecule has 1 aromatic carbocycles. The van der Waals surface area contributed by atoms with Crippen LogP contribution in [-0.2, 0) is 22.7 Å². The molecule has 0 saturated carbocycles. The van der Waals surface area contributed by atoms with Crippen LogP contribution in [0.3, 0.4) is 0 Å². The number of hydrogen-bond donors (Lipinski definition) is 3. The lowest BCUT2D eigenvalue weighted by molar-refractivity contribution is -0.136. The summed E-state index contributed by atoms with van der Waals surface area (Å²) >= 11 is 0. The van der Waals surface area contributed by atoms with E-state index in [2.05, 4.69) is 16.0 Å². The molecule has 2 saturated heterocycles. The van der Waals surface area contributed by atoms with Gasteiger partial charge in [0.1, 0.15) is 6.04 Å². The van der Waals surface area contributed by atoms with E-state index in [0.29, 0.717) is 57.5 Å². The Hall–Kier alpha value is -2.39. The number of fused-ring (bicyclic) bond motifs is 1. The molecule has 3 heterocycles. The first-order valence-corrected chi connectivity index (χ1v) is 10.9. The van der Waals surface area contributed by atoms with Crippen molar-refractivity contribution in [2.75, 3.05) is 19.6 Å². The van der Waals surface area contributed by atoms with E-state index in [-0.39, 0.29) is 24.7 Å². The molecule has 0 aliphatic carbocycles. The molecular weight excluding hydrogens is 406 g/mol. The molecule has 4 rings (SSSR count). The largest absolute Gasteiger partial charge is 0.322 e. The summed E-state index contributed by atoms with van der Waals surface area (Å²) in [4.78, 5) is 38.0. The van der Waals surface area contributed by atoms with Gasteiger partial charge in [0, 0.05) is 44.0 Å². The highest BCUT2D eigenvalue weighted by atomic mass is 19.3. The SMILES string of the molecule is O=C1CCC(N2Cc3c(CNCCC4CCNCCC4(F)F)cccc3C2=O)C(=O)N1. The molecule has 0 radical (unpaired) electrons. The molecule has 0 bridgehead atoms. The fourth-order valence-electron chi connectivity index (χ4n) is 4.74. The van der Waals surface area contributed by atoms with Crippen molar-refractivity contribution < 1.29 is 23.2 Å². The van der Waals surface area contributed by atoms with Crippen molar-refractivity contribution in [1.82, 2.24) is 20.9 Å². The van der Waals surface area contributed by atoms with E-state index in [0.717, 1.165) is 11.1 Å². The summed E-state index contributed by atoms with van der Waals surface area (Å²) in [5.41, 5.74) is 2.34. The Kier molecular flexibility index (Phi) is 6.34. The number of rotatable bonds is 6. The molecule has 9 heteroatoms. The Labute approximate surface area is 179 Å². The monoisotopic (exact) mass is 434 g/mol. The van der Waals surface area contributed by atoms with Crippen LogP contribution in [0.25, 0.3) is 0 Å². The molecule has 7 nitrogen and oxygen atoms in total. The number of halogens is 2. The Morgan fingerprint density at radius 2 is 2.00 bits per heavy atom. The van der Waals surface area contributed by atoms with Gasteiger partial charge in [-0.15, -0.1) is 0 Å². The highest BCUT2D eigenvalue weighted by Gasteiger charge is 2.40. The molecule has 3 aliphatic rings. The normalized spacial score (nSPS) is 25.9. The van der Waals surface area contributed by atoms with E-state index in [4.69, 9.17) is 0 Å². The maximum atomic E-state index is 14.2. The zero-order chi connectivity index (χ0) is 22.0. The van der Waals surface area contributed by atoms with Crippen LogP contribution in [0.15, 0.2) is 18.2 Å². The van der Waals surface area contributed by atoms with E-state index >= 15 is 0 Å². The van der Waals surface area contributed by atoms with Gasteiger partial charge in [-0.3, -0.25) is 19.7 Å². The van der Waals surface area contributed by atoms with Crippen molar-refractivity contribution in [3.8, 4) is 0 Å². The summed E-state index contributed by atoms with van der Waals surface area (Å²) in [5, 5.41) is 8.59. The lowest BCUT2D eigenvalue weighted by Gasteiger charge is -2.29. The van der Waals surface area contributed by atoms with Crippen LogP contribution in [0.1, 0.15) is 53.6 Å². The maximum absolute atomic E-state index is 14.2. The summed E-state index contributed by atoms with van der Waals surface area (Å²) in [5.74, 6) is -4.24. The van der Waals surface area contributed by atoms with Gasteiger partial charge in [-0.1, -0.05) is 12.1 Å². The first-order chi connectivity index (χ1) is 14.9. The van der Waals surface area contributed by atoms with E-state index in [9.17, 15) is 23.2 Å². The topological polar surface area (TPSA) is 90.5 Å². The van der Waals surface area contributed by atoms with Gasteiger partial charge in [0.05, 0.1) is 0 Å². The number of nitrogens with one attached hydrogen (secondary N) is 3. The fourth-order valence-corrected chi connectivity index (χ4v) is 4.74. The highest BCUT2D eigenvalue weighted by Crippen LogP contribution is 2.34. The summed E-state index contributed by atoms with van der Waals surface area (Å²) in [7, 11) is 0. The van der Waals surface area contributed by atoms with Crippen molar-refractivity contribution in [2.24, 2.45) is 5.92 Å². The van der Waals surface area contributed by atoms with E-state index in [1.165, 1.54) is 4.90 Å². The number of hydrogen-bond acceptors (Lipinski definition) is 5. The highest BCUT2D eigenvalue weighted by molar-refractivity contribution is 6.05. The van der Waals surface area contributed by atoms with E-state index in [1.807, 2.05) is 6.07 Å². The number of amides is 3. The molecule has 168 valence electrons. The second kappa shape index (κ2) is 9.00. The minimum absolute atomic E-state index is 0.123. The van der Waals surface area contributed by atoms with Crippen molar-refractivity contribution in [3.63, 3.8) is 0 Å². The number of carbonyl (C=O) groups is 3. The van der Waals surface area contributed by atoms with Crippen molar-refractivity contribution in [2.45, 2.75) is 57.2 Å². The van der Waals surface area contributed by atoms with Gasteiger partial charge in [-0.2, -0.15) is 0 Å². The quantitative estimate of drug-likeness (QED) is 0.467. The molecule has 0 spiro atoms. The van der Waals surface area contributed by atoms with Crippen molar-refractivity contribution >= 4 is 17.7 Å². The van der Waals surface area contributed by atoms with E-state index < -0.39 is 23.8 Å². The third kappa shape index (κ3) is 4.62. The smallest absolute Gasteiger partial charge is 0.255 e. The van der Waals surface area contributed by atoms with Gasteiger partial charge in [0.2, 0.25) is 11.8 Å². The predicted octanol–water partition coefficient (Wildman–Crippen LogP) is 1.56. The van der Waals surface area contributed by atoms with Gasteiger partial charge >= 0.3 is 0 Å². The Morgan fingerprint density at radius 1 is 1.16 bits per heavy atom. The Balaban J connectivity index is 1.36. The van der Waals surface area contributed by atoms with Crippen LogP contribution in [0.5, 0.6) is 0 Å². The lowest BCUT2D eigenvalue weighted by atomic mass is 9.93. The van der Waals surface area contributed by atoms with Crippen molar-refractivity contribution in [1.29, 1.82) is 0 Å². The fraction of sp³-hybridized carbons (Fsp3) is 0.591. The zero-order valence-electron chi connectivity index (χ0n) is 17.4. The number of benzene rings is 1. The average Bonchev–Trinajstić information content (AvgIpc) is 2.96. The molecule has 3 aliphatic heterocycles. The number of carbonyl (C=O) groups excluding carboxylic acids is 3. The van der Waals surface area contributed by atoms with Crippen molar-refractivity contribution in [3.05, 3.63) is 34.9 Å². The Morgan fingerprint density at radius 3 is 2.81 bits per heavy atom. The number of piperidine rings is 1. The summed E-state index contributed by atoms with van der Waals surface area (Å²) in [6.45, 7) is 2.21. The third-order valence-electron chi connectivity index (χ3n) is 6.57. The van der Waals surface area contributed by atoms with Crippen LogP contribution in [-0.4, -0.2) is 54.2 Å². The first kappa shape index (κ1) is 21.8. The standard InChI is InChI=1S/C22H28F2N4O3/c23-22(24)8-11-25-9-6-15(22)7-10-26-12-14-2-1-3-16-17(14)13-28(21(16)31)18-4-5-19(29)27-20(18)30/h1-3,15,18,25-26H,4-13H2,(H,27,29,30). The lowest BCUT2D eigenvalue weighted by Crippen LogP contribution is -2.52. The van der Waals surface area contributed by atoms with Gasteiger partial charge in [0.15, 0.2) is 0 Å². The van der Waals surface area contributed by atoms with Crippen LogP contribution < -0.4 is 16.0 Å². The minimum atomic E-state index is -2.64. The third-order valence-corrected chi connectivity index (χ3v) is 6.57. The number of nitrogens with zero attached hydrogens (tertiary/aromatic N) is 1. The summed E-state index contributed by atoms with van der Waals surface area (Å²) < 4.78 is 28.4. The van der Waals surface area contributed by atoms with Crippen LogP contribution in [0.4, 0.5) is 8.78 Å². The molecule has 3 N–H and O–H groups in total. The summed E-state index contributed by atoms with van der Waals surface area (Å²) in [6, 6.07) is 4.81. The van der Waals surface area contributed by atoms with E-state index in [1.54, 1.807) is 12.1 Å². The van der Waals surface area contributed by atoms with Crippen LogP contribution in [0.2, 0.25) is 0 Å². The minimum Gasteiger partial charge on any atom is -0.322 e. The first-order valence-electron chi connectivity index (χ1n) is 10.9. The maximum Gasteiger partial charge on any atom is 0.255 e. The summed E-state index contributed by atoms with van der Waals surface area (Å²) in [6.07, 6.45) is 1.27. The van der Waals surface area contributed by atoms with Gasteiger partial charge in [-0.25, -0.2) is 8.78 Å². The predicted molar refractivity (Wildman–Crippen MR) is 109 cm³/mol. The number of alkyl halides is 2. The van der Waals surface area contributed by atoms with Crippen LogP contribution >= 0.6 is 0 Å². The average molecular weight is 434 g/mol. The Bertz CT molecular complexity index is 876. The molecule has 2 unspecified atom stereocenters. The molecular formula is C22H28F2N4O3. The second-order valence-electron chi connectivity index (χ2n) is 8.56. The molecule has 3 amide bonds. The number of imide groups is 1. The molecule has 1 aromatic rings. The van der Waals surface area contributed by atoms with Gasteiger partial charge < -0.3 is 15.5 Å². The molecule has 2 fully saturated rings. The molecule has 2 atom stereocenters. The molecule has 31 heavy (non-hydrogen) atoms. The molecule has 0 aromatic heterocycles. The van der Waals surface area contributed by atoms with Gasteiger partial charge in [0.25, 0.3) is 11.8 Å². The van der Waals surface area contributed by atoms with Crippen LogP contribution in [0, 0.1) is 5.92 Å².